The third-order valence-corrected chi connectivity index (χ3v) is 7.34. The van der Waals surface area contributed by atoms with Crippen LogP contribution in [0.3, 0.4) is 0 Å². The van der Waals surface area contributed by atoms with E-state index in [4.69, 9.17) is 0 Å². The average molecular weight is 415 g/mol. The van der Waals surface area contributed by atoms with Crippen molar-refractivity contribution in [2.24, 2.45) is 0 Å². The van der Waals surface area contributed by atoms with Gasteiger partial charge in [-0.1, -0.05) is 0 Å². The number of hydrogen-bond donors (Lipinski definition) is 0. The van der Waals surface area contributed by atoms with Gasteiger partial charge in [0, 0.05) is 51.0 Å². The summed E-state index contributed by atoms with van der Waals surface area (Å²) >= 11 is 3.58. The molecule has 3 aromatic rings. The van der Waals surface area contributed by atoms with E-state index in [1.54, 1.807) is 28.4 Å². The Morgan fingerprint density at radius 2 is 2.00 bits per heavy atom. The highest BCUT2D eigenvalue weighted by atomic mass is 32.2. The quantitative estimate of drug-likeness (QED) is 0.645. The molecule has 146 valence electrons. The number of fused-ring (bicyclic) bond motifs is 2. The number of aryl methyl sites for hydroxylation is 1. The predicted octanol–water partition coefficient (Wildman–Crippen LogP) is 1.86. The van der Waals surface area contributed by atoms with Crippen LogP contribution in [0.15, 0.2) is 28.6 Å². The second-order valence-corrected chi connectivity index (χ2v) is 9.16. The molecule has 0 spiro atoms. The summed E-state index contributed by atoms with van der Waals surface area (Å²) in [5.41, 5.74) is 3.28. The van der Waals surface area contributed by atoms with Crippen LogP contribution in [0.1, 0.15) is 11.3 Å². The van der Waals surface area contributed by atoms with Crippen LogP contribution in [0.2, 0.25) is 0 Å². The van der Waals surface area contributed by atoms with E-state index in [0.29, 0.717) is 6.54 Å². The standard InChI is InChI=1S/C19H22N6OS2/c26-17-11-14-12-27-9-1-15(14)22-25(17)8-5-23-3-6-24(7-4-23)19-18-16(2-10-28-18)20-13-21-19/h2,10-11,13H,1,3-9,12H2. The summed E-state index contributed by atoms with van der Waals surface area (Å²) < 4.78 is 2.82. The van der Waals surface area contributed by atoms with Crippen molar-refractivity contribution >= 4 is 39.1 Å². The van der Waals surface area contributed by atoms with Crippen LogP contribution >= 0.6 is 23.1 Å². The first-order valence-electron chi connectivity index (χ1n) is 9.61. The van der Waals surface area contributed by atoms with Crippen molar-refractivity contribution in [2.75, 3.05) is 43.4 Å². The lowest BCUT2D eigenvalue weighted by Gasteiger charge is -2.35. The second kappa shape index (κ2) is 7.81. The first-order valence-corrected chi connectivity index (χ1v) is 11.6. The number of rotatable bonds is 4. The van der Waals surface area contributed by atoms with Gasteiger partial charge in [0.2, 0.25) is 0 Å². The molecule has 0 unspecified atom stereocenters. The van der Waals surface area contributed by atoms with E-state index >= 15 is 0 Å². The van der Waals surface area contributed by atoms with Crippen LogP contribution in [-0.4, -0.2) is 63.1 Å². The van der Waals surface area contributed by atoms with Gasteiger partial charge >= 0.3 is 0 Å². The van der Waals surface area contributed by atoms with E-state index in [-0.39, 0.29) is 5.56 Å². The maximum atomic E-state index is 12.4. The molecule has 3 aromatic heterocycles. The molecule has 0 aromatic carbocycles. The SMILES string of the molecule is O=c1cc2c(nn1CCN1CCN(c3ncnc4ccsc34)CC1)CCSC2. The molecule has 0 saturated carbocycles. The Morgan fingerprint density at radius 1 is 1.11 bits per heavy atom. The fourth-order valence-corrected chi connectivity index (χ4v) is 5.65. The molecule has 7 nitrogen and oxygen atoms in total. The third-order valence-electron chi connectivity index (χ3n) is 5.43. The molecule has 0 atom stereocenters. The number of piperazine rings is 1. The molecule has 0 N–H and O–H groups in total. The normalized spacial score (nSPS) is 17.8. The van der Waals surface area contributed by atoms with Crippen molar-refractivity contribution in [1.29, 1.82) is 0 Å². The number of thiophene rings is 1. The van der Waals surface area contributed by atoms with Gasteiger partial charge in [-0.2, -0.15) is 16.9 Å². The Hall–Kier alpha value is -1.97. The summed E-state index contributed by atoms with van der Waals surface area (Å²) in [6, 6.07) is 3.83. The smallest absolute Gasteiger partial charge is 0.267 e. The topological polar surface area (TPSA) is 67.2 Å². The lowest BCUT2D eigenvalue weighted by Crippen LogP contribution is -2.48. The van der Waals surface area contributed by atoms with Gasteiger partial charge in [0.1, 0.15) is 12.1 Å². The lowest BCUT2D eigenvalue weighted by molar-refractivity contribution is 0.242. The maximum absolute atomic E-state index is 12.4. The molecule has 28 heavy (non-hydrogen) atoms. The van der Waals surface area contributed by atoms with E-state index in [1.165, 1.54) is 4.70 Å². The maximum Gasteiger partial charge on any atom is 0.267 e. The first kappa shape index (κ1) is 18.1. The first-order chi connectivity index (χ1) is 13.8. The minimum atomic E-state index is 0.0287. The van der Waals surface area contributed by atoms with Gasteiger partial charge in [-0.3, -0.25) is 9.69 Å². The number of hydrogen-bond acceptors (Lipinski definition) is 8. The van der Waals surface area contributed by atoms with Gasteiger partial charge in [0.25, 0.3) is 5.56 Å². The zero-order valence-corrected chi connectivity index (χ0v) is 17.2. The molecule has 1 saturated heterocycles. The van der Waals surface area contributed by atoms with E-state index in [0.717, 1.165) is 73.2 Å². The van der Waals surface area contributed by atoms with Gasteiger partial charge in [0.15, 0.2) is 0 Å². The molecule has 9 heteroatoms. The number of anilines is 1. The van der Waals surface area contributed by atoms with E-state index in [1.807, 2.05) is 17.8 Å². The van der Waals surface area contributed by atoms with Crippen LogP contribution in [0.4, 0.5) is 5.82 Å². The highest BCUT2D eigenvalue weighted by Crippen LogP contribution is 2.28. The highest BCUT2D eigenvalue weighted by Gasteiger charge is 2.21. The van der Waals surface area contributed by atoms with Crippen LogP contribution in [0.5, 0.6) is 0 Å². The molecule has 5 rings (SSSR count). The van der Waals surface area contributed by atoms with Crippen molar-refractivity contribution in [3.8, 4) is 0 Å². The molecular weight excluding hydrogens is 392 g/mol. The Balaban J connectivity index is 1.21. The minimum Gasteiger partial charge on any atom is -0.353 e. The molecule has 0 aliphatic carbocycles. The molecular formula is C19H22N6OS2. The van der Waals surface area contributed by atoms with Crippen LogP contribution in [0.25, 0.3) is 10.2 Å². The molecule has 1 fully saturated rings. The number of thioether (sulfide) groups is 1. The van der Waals surface area contributed by atoms with Crippen molar-refractivity contribution in [2.45, 2.75) is 18.7 Å². The van der Waals surface area contributed by atoms with Crippen LogP contribution in [0, 0.1) is 0 Å². The Labute approximate surface area is 171 Å². The monoisotopic (exact) mass is 414 g/mol. The number of nitrogens with zero attached hydrogens (tertiary/aromatic N) is 6. The Bertz CT molecular complexity index is 1040. The van der Waals surface area contributed by atoms with Gasteiger partial charge in [-0.25, -0.2) is 14.6 Å². The summed E-state index contributed by atoms with van der Waals surface area (Å²) in [6.07, 6.45) is 2.62. The Morgan fingerprint density at radius 3 is 2.89 bits per heavy atom. The number of aromatic nitrogens is 4. The van der Waals surface area contributed by atoms with Crippen LogP contribution < -0.4 is 10.5 Å². The third kappa shape index (κ3) is 3.54. The van der Waals surface area contributed by atoms with Crippen molar-refractivity contribution in [3.05, 3.63) is 45.5 Å². The predicted molar refractivity (Wildman–Crippen MR) is 114 cm³/mol. The summed E-state index contributed by atoms with van der Waals surface area (Å²) in [4.78, 5) is 26.0. The summed E-state index contributed by atoms with van der Waals surface area (Å²) in [5.74, 6) is 3.06. The Kier molecular flexibility index (Phi) is 5.04. The van der Waals surface area contributed by atoms with Crippen molar-refractivity contribution < 1.29 is 0 Å². The van der Waals surface area contributed by atoms with E-state index in [2.05, 4.69) is 30.2 Å². The van der Waals surface area contributed by atoms with Crippen molar-refractivity contribution in [1.82, 2.24) is 24.6 Å². The summed E-state index contributed by atoms with van der Waals surface area (Å²) in [5, 5.41) is 6.70. The molecule has 5 heterocycles. The highest BCUT2D eigenvalue weighted by molar-refractivity contribution is 7.98. The molecule has 2 aliphatic rings. The van der Waals surface area contributed by atoms with E-state index < -0.39 is 0 Å². The summed E-state index contributed by atoms with van der Waals surface area (Å²) in [6.45, 7) is 5.32. The van der Waals surface area contributed by atoms with Gasteiger partial charge in [0.05, 0.1) is 22.5 Å². The molecule has 0 bridgehead atoms. The lowest BCUT2D eigenvalue weighted by atomic mass is 10.2. The molecule has 2 aliphatic heterocycles. The van der Waals surface area contributed by atoms with Gasteiger partial charge < -0.3 is 4.90 Å². The molecule has 0 amide bonds. The van der Waals surface area contributed by atoms with Crippen LogP contribution in [-0.2, 0) is 18.7 Å². The summed E-state index contributed by atoms with van der Waals surface area (Å²) in [7, 11) is 0. The van der Waals surface area contributed by atoms with Gasteiger partial charge in [-0.05, 0) is 22.8 Å². The van der Waals surface area contributed by atoms with Gasteiger partial charge in [-0.15, -0.1) is 11.3 Å². The zero-order valence-electron chi connectivity index (χ0n) is 15.6. The largest absolute Gasteiger partial charge is 0.353 e. The average Bonchev–Trinajstić information content (AvgIpc) is 3.22. The minimum absolute atomic E-state index is 0.0287. The fraction of sp³-hybridized carbons (Fsp3) is 0.474. The van der Waals surface area contributed by atoms with E-state index in [9.17, 15) is 4.79 Å². The fourth-order valence-electron chi connectivity index (χ4n) is 3.83. The second-order valence-electron chi connectivity index (χ2n) is 7.14. The molecule has 0 radical (unpaired) electrons. The zero-order chi connectivity index (χ0) is 18.9. The van der Waals surface area contributed by atoms with Crippen molar-refractivity contribution in [3.63, 3.8) is 0 Å².